The van der Waals surface area contributed by atoms with Crippen LogP contribution in [-0.2, 0) is 27.3 Å². The van der Waals surface area contributed by atoms with Crippen molar-refractivity contribution in [2.75, 3.05) is 0 Å². The van der Waals surface area contributed by atoms with E-state index in [0.717, 1.165) is 17.5 Å². The molecule has 3 aliphatic rings. The Morgan fingerprint density at radius 3 is 2.52 bits per heavy atom. The number of phenols is 1. The number of benzene rings is 2. The summed E-state index contributed by atoms with van der Waals surface area (Å²) < 4.78 is 1.09. The van der Waals surface area contributed by atoms with Gasteiger partial charge in [-0.05, 0) is 49.6 Å². The van der Waals surface area contributed by atoms with Crippen molar-refractivity contribution in [2.24, 2.45) is 0 Å². The average Bonchev–Trinajstić information content (AvgIpc) is 3.44. The molecule has 206 valence electrons. The van der Waals surface area contributed by atoms with Crippen molar-refractivity contribution in [3.8, 4) is 5.75 Å². The van der Waals surface area contributed by atoms with Gasteiger partial charge in [0.05, 0.1) is 5.52 Å². The molecule has 2 aromatic carbocycles. The lowest BCUT2D eigenvalue weighted by atomic mass is 9.95. The summed E-state index contributed by atoms with van der Waals surface area (Å²) in [6.45, 7) is 4.08. The van der Waals surface area contributed by atoms with E-state index in [-0.39, 0.29) is 11.3 Å². The van der Waals surface area contributed by atoms with Crippen LogP contribution >= 0.6 is 11.8 Å². The van der Waals surface area contributed by atoms with E-state index in [1.807, 2.05) is 10.6 Å². The van der Waals surface area contributed by atoms with Gasteiger partial charge in [-0.3, -0.25) is 19.2 Å². The fraction of sp³-hybridized carbons (Fsp3) is 0.321. The molecule has 0 bridgehead atoms. The minimum absolute atomic E-state index is 0.0463. The van der Waals surface area contributed by atoms with Crippen molar-refractivity contribution in [1.29, 1.82) is 0 Å². The zero-order chi connectivity index (χ0) is 28.5. The molecule has 3 amide bonds. The number of hydrogen-bond donors (Lipinski definition) is 4. The Kier molecular flexibility index (Phi) is 5.91. The highest BCUT2D eigenvalue weighted by atomic mass is 32.2. The molecular formula is C28H26N4O7S. The van der Waals surface area contributed by atoms with Gasteiger partial charge in [-0.15, -0.1) is 11.8 Å². The second-order valence-electron chi connectivity index (χ2n) is 10.7. The summed E-state index contributed by atoms with van der Waals surface area (Å²) in [5.74, 6) is -3.15. The third kappa shape index (κ3) is 3.93. The van der Waals surface area contributed by atoms with E-state index in [1.165, 1.54) is 47.1 Å². The normalized spacial score (nSPS) is 22.9. The molecule has 0 aliphatic carbocycles. The highest BCUT2D eigenvalue weighted by molar-refractivity contribution is 8.01. The Balaban J connectivity index is 1.29. The van der Waals surface area contributed by atoms with Gasteiger partial charge >= 0.3 is 5.97 Å². The molecule has 6 rings (SSSR count). The van der Waals surface area contributed by atoms with E-state index in [9.17, 15) is 34.2 Å². The Hall–Kier alpha value is -4.32. The van der Waals surface area contributed by atoms with E-state index in [0.29, 0.717) is 17.5 Å². The summed E-state index contributed by atoms with van der Waals surface area (Å²) in [5, 5.41) is 24.6. The summed E-state index contributed by atoms with van der Waals surface area (Å²) in [4.78, 5) is 66.3. The molecule has 0 radical (unpaired) electrons. The van der Waals surface area contributed by atoms with Crippen LogP contribution in [0.2, 0.25) is 0 Å². The van der Waals surface area contributed by atoms with Crippen molar-refractivity contribution in [3.05, 3.63) is 75.6 Å². The zero-order valence-electron chi connectivity index (χ0n) is 21.6. The maximum absolute atomic E-state index is 13.6. The third-order valence-electron chi connectivity index (χ3n) is 7.78. The number of β-lactam (4-membered cyclic amide) rings is 1. The Morgan fingerprint density at radius 2 is 1.82 bits per heavy atom. The maximum Gasteiger partial charge on any atom is 0.327 e. The van der Waals surface area contributed by atoms with Gasteiger partial charge in [0.1, 0.15) is 34.8 Å². The second-order valence-corrected chi connectivity index (χ2v) is 12.5. The number of nitrogens with one attached hydrogen (secondary N) is 2. The van der Waals surface area contributed by atoms with Gasteiger partial charge in [0.2, 0.25) is 17.2 Å². The van der Waals surface area contributed by atoms with Gasteiger partial charge in [0, 0.05) is 22.9 Å². The van der Waals surface area contributed by atoms with E-state index in [2.05, 4.69) is 10.6 Å². The molecule has 40 heavy (non-hydrogen) atoms. The van der Waals surface area contributed by atoms with Crippen molar-refractivity contribution in [2.45, 2.75) is 55.1 Å². The molecule has 2 saturated heterocycles. The van der Waals surface area contributed by atoms with E-state index >= 15 is 0 Å². The molecule has 11 nitrogen and oxygen atoms in total. The number of para-hydroxylation sites is 1. The molecule has 0 spiro atoms. The topological polar surface area (TPSA) is 158 Å². The van der Waals surface area contributed by atoms with Crippen molar-refractivity contribution >= 4 is 46.4 Å². The molecule has 4 N–H and O–H groups in total. The minimum Gasteiger partial charge on any atom is -0.508 e. The lowest BCUT2D eigenvalue weighted by Gasteiger charge is -2.44. The lowest BCUT2D eigenvalue weighted by Crippen LogP contribution is -2.71. The summed E-state index contributed by atoms with van der Waals surface area (Å²) >= 11 is 1.29. The number of aromatic hydroxyl groups is 1. The third-order valence-corrected chi connectivity index (χ3v) is 9.36. The van der Waals surface area contributed by atoms with Crippen LogP contribution in [-0.4, -0.2) is 65.6 Å². The van der Waals surface area contributed by atoms with Crippen LogP contribution in [0.1, 0.15) is 41.4 Å². The van der Waals surface area contributed by atoms with Crippen LogP contribution in [0.25, 0.3) is 10.9 Å². The Morgan fingerprint density at radius 1 is 1.10 bits per heavy atom. The molecule has 4 unspecified atom stereocenters. The number of carboxylic acid groups (broad SMARTS) is 1. The second kappa shape index (κ2) is 9.12. The molecule has 0 saturated carbocycles. The number of aliphatic carboxylic acids is 1. The predicted molar refractivity (Wildman–Crippen MR) is 146 cm³/mol. The van der Waals surface area contributed by atoms with Gasteiger partial charge in [0.25, 0.3) is 5.91 Å². The zero-order valence-corrected chi connectivity index (χ0v) is 22.4. The number of carbonyl (C=O) groups excluding carboxylic acids is 3. The number of carboxylic acids is 1. The largest absolute Gasteiger partial charge is 0.508 e. The number of thioether (sulfide) groups is 1. The van der Waals surface area contributed by atoms with Crippen LogP contribution in [0.5, 0.6) is 5.75 Å². The first kappa shape index (κ1) is 25.9. The predicted octanol–water partition coefficient (Wildman–Crippen LogP) is 1.37. The lowest BCUT2D eigenvalue weighted by molar-refractivity contribution is -0.161. The number of phenolic OH excluding ortho intramolecular Hbond substituents is 1. The molecule has 2 fully saturated rings. The highest BCUT2D eigenvalue weighted by Crippen LogP contribution is 2.50. The number of nitrogens with zero attached hydrogens (tertiary/aromatic N) is 2. The first-order chi connectivity index (χ1) is 19.0. The molecule has 4 heterocycles. The SMILES string of the molecule is CC1(C)SC2C(NC(=O)C(NC(=O)c3cn4c5c(cccc5c3=O)CC4)c3ccc(O)cc3)C(=O)N2C1C(=O)O. The number of carbonyl (C=O) groups is 4. The summed E-state index contributed by atoms with van der Waals surface area (Å²) in [5.41, 5.74) is 1.57. The number of fused-ring (bicyclic) bond motifs is 1. The number of amides is 3. The minimum atomic E-state index is -1.30. The molecule has 3 aliphatic heterocycles. The fourth-order valence-corrected chi connectivity index (χ4v) is 7.50. The number of hydrogen-bond acceptors (Lipinski definition) is 7. The summed E-state index contributed by atoms with van der Waals surface area (Å²) in [7, 11) is 0. The van der Waals surface area contributed by atoms with Gasteiger partial charge in [-0.25, -0.2) is 4.79 Å². The monoisotopic (exact) mass is 562 g/mol. The molecule has 1 aromatic heterocycles. The van der Waals surface area contributed by atoms with Crippen LogP contribution in [0.4, 0.5) is 0 Å². The van der Waals surface area contributed by atoms with Crippen molar-refractivity contribution in [1.82, 2.24) is 20.1 Å². The number of pyridine rings is 1. The Labute approximate surface area is 232 Å². The van der Waals surface area contributed by atoms with Gasteiger partial charge < -0.3 is 30.3 Å². The first-order valence-electron chi connectivity index (χ1n) is 12.8. The number of aromatic nitrogens is 1. The molecule has 4 atom stereocenters. The first-order valence-corrected chi connectivity index (χ1v) is 13.6. The van der Waals surface area contributed by atoms with E-state index in [4.69, 9.17) is 0 Å². The summed E-state index contributed by atoms with van der Waals surface area (Å²) in [6, 6.07) is 7.71. The Bertz CT molecular complexity index is 1670. The highest BCUT2D eigenvalue weighted by Gasteiger charge is 2.64. The fourth-order valence-electron chi connectivity index (χ4n) is 5.88. The van der Waals surface area contributed by atoms with E-state index < -0.39 is 57.4 Å². The van der Waals surface area contributed by atoms with Crippen LogP contribution in [0.15, 0.2) is 53.5 Å². The molecule has 12 heteroatoms. The average molecular weight is 563 g/mol. The molecule has 3 aromatic rings. The van der Waals surface area contributed by atoms with Gasteiger partial charge in [-0.1, -0.05) is 24.3 Å². The number of rotatable bonds is 6. The van der Waals surface area contributed by atoms with Gasteiger partial charge in [0.15, 0.2) is 0 Å². The van der Waals surface area contributed by atoms with Crippen LogP contribution < -0.4 is 16.1 Å². The summed E-state index contributed by atoms with van der Waals surface area (Å²) in [6.07, 6.45) is 2.24. The number of aryl methyl sites for hydroxylation is 2. The van der Waals surface area contributed by atoms with Crippen molar-refractivity contribution < 1.29 is 29.4 Å². The quantitative estimate of drug-likeness (QED) is 0.328. The smallest absolute Gasteiger partial charge is 0.327 e. The van der Waals surface area contributed by atoms with Crippen LogP contribution in [0, 0.1) is 0 Å². The van der Waals surface area contributed by atoms with Crippen LogP contribution in [0.3, 0.4) is 0 Å². The van der Waals surface area contributed by atoms with E-state index in [1.54, 1.807) is 26.0 Å². The standard InChI is InChI=1S/C28H26N4O7S/c1-28(2)22(27(38)39)32-25(37)19(26(32)40-28)30-24(36)18(13-6-8-15(33)9-7-13)29-23(35)17-12-31-11-10-14-4-3-5-16(20(14)31)21(17)34/h3-9,12,18-19,22,26,33H,10-11H2,1-2H3,(H,29,35)(H,30,36)(H,38,39). The van der Waals surface area contributed by atoms with Gasteiger partial charge in [-0.2, -0.15) is 0 Å². The molecular weight excluding hydrogens is 536 g/mol. The maximum atomic E-state index is 13.6. The van der Waals surface area contributed by atoms with Crippen molar-refractivity contribution in [3.63, 3.8) is 0 Å².